The molecule has 0 amide bonds. The SMILES string of the molecule is Cc1sccc1C(CCc1ccccn1)NN. The first-order chi connectivity index (χ1) is 8.31. The number of aromatic nitrogens is 1. The van der Waals surface area contributed by atoms with Crippen molar-refractivity contribution in [2.45, 2.75) is 25.8 Å². The molecule has 1 unspecified atom stereocenters. The zero-order valence-electron chi connectivity index (χ0n) is 9.89. The van der Waals surface area contributed by atoms with Crippen LogP contribution in [0.4, 0.5) is 0 Å². The Balaban J connectivity index is 2.00. The zero-order chi connectivity index (χ0) is 12.1. The van der Waals surface area contributed by atoms with E-state index in [9.17, 15) is 0 Å². The zero-order valence-corrected chi connectivity index (χ0v) is 10.7. The smallest absolute Gasteiger partial charge is 0.0474 e. The first-order valence-electron chi connectivity index (χ1n) is 5.71. The summed E-state index contributed by atoms with van der Waals surface area (Å²) < 4.78 is 0. The summed E-state index contributed by atoms with van der Waals surface area (Å²) in [5, 5.41) is 2.11. The van der Waals surface area contributed by atoms with Gasteiger partial charge in [-0.3, -0.25) is 16.3 Å². The standard InChI is InChI=1S/C13H17N3S/c1-10-12(7-9-17-10)13(16-14)6-5-11-4-2-3-8-15-11/h2-4,7-9,13,16H,5-6,14H2,1H3. The molecule has 90 valence electrons. The number of aryl methyl sites for hydroxylation is 2. The van der Waals surface area contributed by atoms with Crippen LogP contribution in [0.5, 0.6) is 0 Å². The van der Waals surface area contributed by atoms with Crippen LogP contribution >= 0.6 is 11.3 Å². The number of rotatable bonds is 5. The fourth-order valence-corrected chi connectivity index (χ4v) is 2.69. The highest BCUT2D eigenvalue weighted by atomic mass is 32.1. The topological polar surface area (TPSA) is 50.9 Å². The molecule has 0 aliphatic rings. The summed E-state index contributed by atoms with van der Waals surface area (Å²) in [5.74, 6) is 5.63. The van der Waals surface area contributed by atoms with Gasteiger partial charge < -0.3 is 0 Å². The van der Waals surface area contributed by atoms with Crippen molar-refractivity contribution < 1.29 is 0 Å². The minimum Gasteiger partial charge on any atom is -0.271 e. The van der Waals surface area contributed by atoms with Gasteiger partial charge in [0.15, 0.2) is 0 Å². The number of hydrogen-bond acceptors (Lipinski definition) is 4. The predicted octanol–water partition coefficient (Wildman–Crippen LogP) is 2.59. The molecule has 0 saturated heterocycles. The first kappa shape index (κ1) is 12.2. The molecule has 3 N–H and O–H groups in total. The van der Waals surface area contributed by atoms with Crippen molar-refractivity contribution in [2.24, 2.45) is 5.84 Å². The third-order valence-corrected chi connectivity index (χ3v) is 3.75. The molecule has 1 atom stereocenters. The van der Waals surface area contributed by atoms with Gasteiger partial charge in [0.2, 0.25) is 0 Å². The van der Waals surface area contributed by atoms with E-state index in [1.54, 1.807) is 11.3 Å². The second kappa shape index (κ2) is 5.91. The van der Waals surface area contributed by atoms with Gasteiger partial charge in [-0.1, -0.05) is 6.07 Å². The molecule has 2 rings (SSSR count). The number of thiophene rings is 1. The molecular weight excluding hydrogens is 230 g/mol. The van der Waals surface area contributed by atoms with Crippen LogP contribution in [0, 0.1) is 6.92 Å². The lowest BCUT2D eigenvalue weighted by atomic mass is 10.0. The van der Waals surface area contributed by atoms with Gasteiger partial charge in [0.05, 0.1) is 0 Å². The molecule has 0 radical (unpaired) electrons. The summed E-state index contributed by atoms with van der Waals surface area (Å²) in [7, 11) is 0. The van der Waals surface area contributed by atoms with E-state index in [0.29, 0.717) is 0 Å². The fraction of sp³-hybridized carbons (Fsp3) is 0.308. The van der Waals surface area contributed by atoms with Crippen molar-refractivity contribution in [2.75, 3.05) is 0 Å². The molecule has 0 aliphatic carbocycles. The van der Waals surface area contributed by atoms with Crippen LogP contribution in [0.3, 0.4) is 0 Å². The molecule has 2 aromatic rings. The summed E-state index contributed by atoms with van der Waals surface area (Å²) >= 11 is 1.76. The number of pyridine rings is 1. The summed E-state index contributed by atoms with van der Waals surface area (Å²) in [6, 6.07) is 8.36. The third-order valence-electron chi connectivity index (χ3n) is 2.89. The maximum absolute atomic E-state index is 5.63. The molecule has 0 aromatic carbocycles. The van der Waals surface area contributed by atoms with Gasteiger partial charge in [0, 0.05) is 22.8 Å². The van der Waals surface area contributed by atoms with Crippen LogP contribution in [0.25, 0.3) is 0 Å². The first-order valence-corrected chi connectivity index (χ1v) is 6.59. The Hall–Kier alpha value is -1.23. The normalized spacial score (nSPS) is 12.6. The Bertz CT molecular complexity index is 453. The fourth-order valence-electron chi connectivity index (χ4n) is 1.92. The van der Waals surface area contributed by atoms with E-state index in [2.05, 4.69) is 28.8 Å². The van der Waals surface area contributed by atoms with Crippen molar-refractivity contribution in [1.29, 1.82) is 0 Å². The highest BCUT2D eigenvalue weighted by Crippen LogP contribution is 2.25. The molecule has 2 heterocycles. The molecule has 4 heteroatoms. The van der Waals surface area contributed by atoms with Gasteiger partial charge in [-0.05, 0) is 48.9 Å². The molecule has 0 spiro atoms. The lowest BCUT2D eigenvalue weighted by molar-refractivity contribution is 0.513. The molecule has 0 saturated carbocycles. The molecule has 17 heavy (non-hydrogen) atoms. The van der Waals surface area contributed by atoms with Gasteiger partial charge in [0.25, 0.3) is 0 Å². The Kier molecular flexibility index (Phi) is 4.25. The Labute approximate surface area is 106 Å². The van der Waals surface area contributed by atoms with Crippen LogP contribution in [0.1, 0.15) is 28.6 Å². The van der Waals surface area contributed by atoms with Crippen LogP contribution in [-0.2, 0) is 6.42 Å². The number of hydrogen-bond donors (Lipinski definition) is 2. The lowest BCUT2D eigenvalue weighted by Gasteiger charge is -2.15. The minimum absolute atomic E-state index is 0.211. The third kappa shape index (κ3) is 3.12. The molecule has 0 aliphatic heterocycles. The summed E-state index contributed by atoms with van der Waals surface area (Å²) in [4.78, 5) is 5.65. The average molecular weight is 247 g/mol. The predicted molar refractivity (Wildman–Crippen MR) is 71.7 cm³/mol. The maximum atomic E-state index is 5.63. The summed E-state index contributed by atoms with van der Waals surface area (Å²) in [6.07, 6.45) is 3.73. The largest absolute Gasteiger partial charge is 0.271 e. The Morgan fingerprint density at radius 2 is 2.29 bits per heavy atom. The van der Waals surface area contributed by atoms with Crippen molar-refractivity contribution >= 4 is 11.3 Å². The molecule has 2 aromatic heterocycles. The van der Waals surface area contributed by atoms with Crippen LogP contribution in [-0.4, -0.2) is 4.98 Å². The van der Waals surface area contributed by atoms with Gasteiger partial charge in [0.1, 0.15) is 0 Å². The maximum Gasteiger partial charge on any atom is 0.0474 e. The number of nitrogens with two attached hydrogens (primary N) is 1. The van der Waals surface area contributed by atoms with E-state index < -0.39 is 0 Å². The van der Waals surface area contributed by atoms with Crippen molar-refractivity contribution in [1.82, 2.24) is 10.4 Å². The van der Waals surface area contributed by atoms with Crippen molar-refractivity contribution in [3.05, 3.63) is 52.0 Å². The van der Waals surface area contributed by atoms with Gasteiger partial charge in [-0.15, -0.1) is 11.3 Å². The lowest BCUT2D eigenvalue weighted by Crippen LogP contribution is -2.28. The Morgan fingerprint density at radius 1 is 1.41 bits per heavy atom. The van der Waals surface area contributed by atoms with Crippen molar-refractivity contribution in [3.63, 3.8) is 0 Å². The second-order valence-corrected chi connectivity index (χ2v) is 5.13. The highest BCUT2D eigenvalue weighted by Gasteiger charge is 2.13. The highest BCUT2D eigenvalue weighted by molar-refractivity contribution is 7.10. The van der Waals surface area contributed by atoms with E-state index >= 15 is 0 Å². The van der Waals surface area contributed by atoms with Gasteiger partial charge in [-0.2, -0.15) is 0 Å². The van der Waals surface area contributed by atoms with E-state index in [0.717, 1.165) is 18.5 Å². The Morgan fingerprint density at radius 3 is 2.88 bits per heavy atom. The minimum atomic E-state index is 0.211. The molecule has 0 bridgehead atoms. The quantitative estimate of drug-likeness (QED) is 0.630. The van der Waals surface area contributed by atoms with Gasteiger partial charge >= 0.3 is 0 Å². The second-order valence-electron chi connectivity index (χ2n) is 4.01. The molecular formula is C13H17N3S. The van der Waals surface area contributed by atoms with E-state index in [4.69, 9.17) is 5.84 Å². The van der Waals surface area contributed by atoms with E-state index in [-0.39, 0.29) is 6.04 Å². The summed E-state index contributed by atoms with van der Waals surface area (Å²) in [5.41, 5.74) is 5.31. The molecule has 0 fully saturated rings. The molecule has 3 nitrogen and oxygen atoms in total. The van der Waals surface area contributed by atoms with E-state index in [1.807, 2.05) is 24.4 Å². The average Bonchev–Trinajstić information content (AvgIpc) is 2.78. The van der Waals surface area contributed by atoms with Gasteiger partial charge in [-0.25, -0.2) is 0 Å². The van der Waals surface area contributed by atoms with E-state index in [1.165, 1.54) is 10.4 Å². The number of nitrogens with one attached hydrogen (secondary N) is 1. The van der Waals surface area contributed by atoms with Crippen LogP contribution in [0.2, 0.25) is 0 Å². The number of hydrazine groups is 1. The number of nitrogens with zero attached hydrogens (tertiary/aromatic N) is 1. The van der Waals surface area contributed by atoms with Crippen molar-refractivity contribution in [3.8, 4) is 0 Å². The monoisotopic (exact) mass is 247 g/mol. The van der Waals surface area contributed by atoms with Crippen LogP contribution < -0.4 is 11.3 Å². The van der Waals surface area contributed by atoms with Crippen LogP contribution in [0.15, 0.2) is 35.8 Å². The summed E-state index contributed by atoms with van der Waals surface area (Å²) in [6.45, 7) is 2.13.